The fourth-order valence-corrected chi connectivity index (χ4v) is 3.42. The molecule has 6 heteroatoms. The van der Waals surface area contributed by atoms with Crippen molar-refractivity contribution in [2.24, 2.45) is 0 Å². The fraction of sp³-hybridized carbons (Fsp3) is 0.111. The highest BCUT2D eigenvalue weighted by atomic mass is 16.3. The number of furan rings is 1. The predicted octanol–water partition coefficient (Wildman–Crippen LogP) is 6.27. The van der Waals surface area contributed by atoms with Crippen LogP contribution in [0.15, 0.2) is 95.6 Å². The van der Waals surface area contributed by atoms with E-state index < -0.39 is 0 Å². The van der Waals surface area contributed by atoms with Crippen LogP contribution in [-0.2, 0) is 0 Å². The molecule has 0 bridgehead atoms. The van der Waals surface area contributed by atoms with E-state index in [9.17, 15) is 9.59 Å². The van der Waals surface area contributed by atoms with Gasteiger partial charge in [-0.2, -0.15) is 0 Å². The van der Waals surface area contributed by atoms with Gasteiger partial charge in [0, 0.05) is 28.7 Å². The van der Waals surface area contributed by atoms with Gasteiger partial charge in [-0.1, -0.05) is 36.4 Å². The summed E-state index contributed by atoms with van der Waals surface area (Å²) in [4.78, 5) is 25.1. The van der Waals surface area contributed by atoms with E-state index in [2.05, 4.69) is 35.0 Å². The van der Waals surface area contributed by atoms with E-state index in [4.69, 9.17) is 4.42 Å². The molecule has 4 aromatic rings. The van der Waals surface area contributed by atoms with Gasteiger partial charge in [0.1, 0.15) is 0 Å². The molecule has 0 saturated carbocycles. The summed E-state index contributed by atoms with van der Waals surface area (Å²) in [6.07, 6.45) is 1.44. The van der Waals surface area contributed by atoms with Crippen molar-refractivity contribution in [1.82, 2.24) is 0 Å². The lowest BCUT2D eigenvalue weighted by Gasteiger charge is -2.16. The number of anilines is 3. The van der Waals surface area contributed by atoms with Gasteiger partial charge in [0.25, 0.3) is 11.8 Å². The molecule has 0 saturated heterocycles. The molecule has 3 aromatic carbocycles. The minimum Gasteiger partial charge on any atom is -0.459 e. The highest BCUT2D eigenvalue weighted by Crippen LogP contribution is 2.22. The molecule has 1 atom stereocenters. The lowest BCUT2D eigenvalue weighted by molar-refractivity contribution is 0.0993. The van der Waals surface area contributed by atoms with E-state index >= 15 is 0 Å². The van der Waals surface area contributed by atoms with Gasteiger partial charge in [-0.25, -0.2) is 0 Å². The molecule has 3 N–H and O–H groups in total. The van der Waals surface area contributed by atoms with Gasteiger partial charge < -0.3 is 20.4 Å². The van der Waals surface area contributed by atoms with Crippen LogP contribution in [0.3, 0.4) is 0 Å². The van der Waals surface area contributed by atoms with Crippen LogP contribution in [0.5, 0.6) is 0 Å². The first-order valence-electron chi connectivity index (χ1n) is 10.7. The number of carbonyl (C=O) groups excluding carboxylic acids is 2. The lowest BCUT2D eigenvalue weighted by atomic mass is 10.1. The summed E-state index contributed by atoms with van der Waals surface area (Å²) >= 11 is 0. The van der Waals surface area contributed by atoms with Crippen molar-refractivity contribution >= 4 is 28.9 Å². The third-order valence-electron chi connectivity index (χ3n) is 5.32. The number of benzene rings is 3. The molecule has 6 nitrogen and oxygen atoms in total. The van der Waals surface area contributed by atoms with Crippen LogP contribution in [0.25, 0.3) is 0 Å². The van der Waals surface area contributed by atoms with E-state index in [0.717, 1.165) is 11.3 Å². The molecule has 0 aliphatic rings. The molecule has 1 unspecified atom stereocenters. The van der Waals surface area contributed by atoms with E-state index in [1.807, 2.05) is 49.4 Å². The second kappa shape index (κ2) is 9.87. The number of aryl methyl sites for hydroxylation is 1. The van der Waals surface area contributed by atoms with Crippen molar-refractivity contribution in [2.75, 3.05) is 16.0 Å². The van der Waals surface area contributed by atoms with E-state index in [1.54, 1.807) is 30.3 Å². The number of carbonyl (C=O) groups is 2. The Labute approximate surface area is 192 Å². The SMILES string of the molecule is Cc1ccc(C(=O)Nc2ccc(NC(C)c3ccccc3)cc2)cc1NC(=O)c1ccco1. The number of rotatable bonds is 7. The second-order valence-corrected chi connectivity index (χ2v) is 7.77. The van der Waals surface area contributed by atoms with Crippen LogP contribution >= 0.6 is 0 Å². The summed E-state index contributed by atoms with van der Waals surface area (Å²) in [5, 5.41) is 9.14. The largest absolute Gasteiger partial charge is 0.459 e. The van der Waals surface area contributed by atoms with Crippen LogP contribution in [0.1, 0.15) is 45.0 Å². The van der Waals surface area contributed by atoms with Crippen LogP contribution < -0.4 is 16.0 Å². The van der Waals surface area contributed by atoms with Crippen molar-refractivity contribution in [1.29, 1.82) is 0 Å². The zero-order valence-electron chi connectivity index (χ0n) is 18.5. The molecule has 33 heavy (non-hydrogen) atoms. The van der Waals surface area contributed by atoms with Gasteiger partial charge in [-0.3, -0.25) is 9.59 Å². The molecule has 0 spiro atoms. The maximum atomic E-state index is 12.8. The Balaban J connectivity index is 1.40. The standard InChI is InChI=1S/C27H25N3O3/c1-18-10-11-21(17-24(18)30-27(32)25-9-6-16-33-25)26(31)29-23-14-12-22(13-15-23)28-19(2)20-7-4-3-5-8-20/h3-17,19,28H,1-2H3,(H,29,31)(H,30,32). The smallest absolute Gasteiger partial charge is 0.291 e. The quantitative estimate of drug-likeness (QED) is 0.317. The Morgan fingerprint density at radius 2 is 1.52 bits per heavy atom. The molecule has 0 fully saturated rings. The molecular weight excluding hydrogens is 414 g/mol. The summed E-state index contributed by atoms with van der Waals surface area (Å²) in [6.45, 7) is 3.96. The van der Waals surface area contributed by atoms with Crippen molar-refractivity contribution in [3.8, 4) is 0 Å². The summed E-state index contributed by atoms with van der Waals surface area (Å²) in [5.74, 6) is -0.421. The summed E-state index contributed by atoms with van der Waals surface area (Å²) in [6, 6.07) is 26.3. The second-order valence-electron chi connectivity index (χ2n) is 7.77. The summed E-state index contributed by atoms with van der Waals surface area (Å²) < 4.78 is 5.13. The Morgan fingerprint density at radius 3 is 2.21 bits per heavy atom. The van der Waals surface area contributed by atoms with Crippen LogP contribution in [0, 0.1) is 6.92 Å². The van der Waals surface area contributed by atoms with Gasteiger partial charge in [0.2, 0.25) is 0 Å². The highest BCUT2D eigenvalue weighted by molar-refractivity contribution is 6.07. The molecule has 166 valence electrons. The van der Waals surface area contributed by atoms with Gasteiger partial charge in [-0.05, 0) is 73.5 Å². The number of hydrogen-bond donors (Lipinski definition) is 3. The molecule has 1 heterocycles. The van der Waals surface area contributed by atoms with Crippen molar-refractivity contribution in [3.05, 3.63) is 114 Å². The predicted molar refractivity (Wildman–Crippen MR) is 131 cm³/mol. The van der Waals surface area contributed by atoms with E-state index in [0.29, 0.717) is 16.9 Å². The lowest BCUT2D eigenvalue weighted by Crippen LogP contribution is -2.15. The highest BCUT2D eigenvalue weighted by Gasteiger charge is 2.13. The number of nitrogens with one attached hydrogen (secondary N) is 3. The van der Waals surface area contributed by atoms with Crippen molar-refractivity contribution in [3.63, 3.8) is 0 Å². The molecular formula is C27H25N3O3. The monoisotopic (exact) mass is 439 g/mol. The molecule has 0 radical (unpaired) electrons. The number of amides is 2. The summed E-state index contributed by atoms with van der Waals surface area (Å²) in [7, 11) is 0. The average molecular weight is 440 g/mol. The fourth-order valence-electron chi connectivity index (χ4n) is 3.42. The Bertz CT molecular complexity index is 1230. The minimum atomic E-state index is -0.367. The minimum absolute atomic E-state index is 0.161. The van der Waals surface area contributed by atoms with Gasteiger partial charge in [0.05, 0.1) is 6.26 Å². The van der Waals surface area contributed by atoms with Crippen molar-refractivity contribution < 1.29 is 14.0 Å². The Morgan fingerprint density at radius 1 is 0.788 bits per heavy atom. The third kappa shape index (κ3) is 5.49. The number of hydrogen-bond acceptors (Lipinski definition) is 4. The average Bonchev–Trinajstić information content (AvgIpc) is 3.37. The first-order valence-corrected chi connectivity index (χ1v) is 10.7. The van der Waals surface area contributed by atoms with Gasteiger partial charge in [0.15, 0.2) is 5.76 Å². The van der Waals surface area contributed by atoms with E-state index in [1.165, 1.54) is 11.8 Å². The topological polar surface area (TPSA) is 83.4 Å². The maximum Gasteiger partial charge on any atom is 0.291 e. The molecule has 1 aromatic heterocycles. The first-order chi connectivity index (χ1) is 16.0. The Hall–Kier alpha value is -4.32. The molecule has 0 aliphatic carbocycles. The Kier molecular flexibility index (Phi) is 6.55. The maximum absolute atomic E-state index is 12.8. The van der Waals surface area contributed by atoms with Crippen LogP contribution in [0.2, 0.25) is 0 Å². The normalized spacial score (nSPS) is 11.5. The zero-order valence-corrected chi connectivity index (χ0v) is 18.5. The van der Waals surface area contributed by atoms with Gasteiger partial charge >= 0.3 is 0 Å². The van der Waals surface area contributed by atoms with Crippen molar-refractivity contribution in [2.45, 2.75) is 19.9 Å². The van der Waals surface area contributed by atoms with Crippen LogP contribution in [0.4, 0.5) is 17.1 Å². The van der Waals surface area contributed by atoms with E-state index in [-0.39, 0.29) is 23.6 Å². The zero-order chi connectivity index (χ0) is 23.2. The first kappa shape index (κ1) is 21.9. The summed E-state index contributed by atoms with van der Waals surface area (Å²) in [5.41, 5.74) is 4.68. The molecule has 4 rings (SSSR count). The molecule has 2 amide bonds. The van der Waals surface area contributed by atoms with Gasteiger partial charge in [-0.15, -0.1) is 0 Å². The van der Waals surface area contributed by atoms with Crippen LogP contribution in [-0.4, -0.2) is 11.8 Å². The third-order valence-corrected chi connectivity index (χ3v) is 5.32. The molecule has 0 aliphatic heterocycles.